The van der Waals surface area contributed by atoms with Crippen LogP contribution in [0, 0.1) is 0 Å². The molecule has 2 rings (SSSR count). The molecule has 106 valence electrons. The lowest BCUT2D eigenvalue weighted by atomic mass is 9.95. The Bertz CT molecular complexity index is 613. The number of nitrogens with two attached hydrogens (primary N) is 2. The van der Waals surface area contributed by atoms with E-state index in [1.807, 2.05) is 0 Å². The molecule has 0 bridgehead atoms. The van der Waals surface area contributed by atoms with Crippen molar-refractivity contribution >= 4 is 0 Å². The fourth-order valence-electron chi connectivity index (χ4n) is 2.09. The molecule has 0 aliphatic carbocycles. The zero-order valence-corrected chi connectivity index (χ0v) is 11.0. The summed E-state index contributed by atoms with van der Waals surface area (Å²) in [5.74, 6) is 0.0966. The van der Waals surface area contributed by atoms with Crippen molar-refractivity contribution in [1.29, 1.82) is 0 Å². The Morgan fingerprint density at radius 3 is 1.55 bits per heavy atom. The number of hydrogen-bond acceptors (Lipinski definition) is 4. The van der Waals surface area contributed by atoms with Crippen LogP contribution in [0.15, 0.2) is 48.5 Å². The van der Waals surface area contributed by atoms with Crippen LogP contribution in [-0.4, -0.2) is 22.3 Å². The maximum absolute atomic E-state index is 9.91. The maximum Gasteiger partial charge on any atom is 0.119 e. The molecular weight excluding hydrogens is 252 g/mol. The second kappa shape index (κ2) is 6.41. The summed E-state index contributed by atoms with van der Waals surface area (Å²) in [7, 11) is 0. The molecule has 2 atom stereocenters. The highest BCUT2D eigenvalue weighted by Gasteiger charge is 2.17. The van der Waals surface area contributed by atoms with Crippen molar-refractivity contribution in [2.24, 2.45) is 11.4 Å². The molecule has 0 fully saturated rings. The molecule has 0 aromatic heterocycles. The molecule has 0 heterocycles. The first kappa shape index (κ1) is 9.80. The van der Waals surface area contributed by atoms with Crippen LogP contribution in [0.5, 0.6) is 11.5 Å². The van der Waals surface area contributed by atoms with E-state index in [-0.39, 0.29) is 24.3 Å². The summed E-state index contributed by atoms with van der Waals surface area (Å²) in [5, 5.41) is 19.8. The van der Waals surface area contributed by atoms with Crippen LogP contribution >= 0.6 is 0 Å². The third-order valence-corrected chi connectivity index (χ3v) is 3.29. The Morgan fingerprint density at radius 2 is 1.20 bits per heavy atom. The lowest BCUT2D eigenvalue weighted by molar-refractivity contribution is 0.447. The number of para-hydroxylation sites is 2. The SMILES string of the molecule is [2H]N([2H])C(Cc1ccccc1O)C(Cc1ccccc1O)N([2H])[2H]. The van der Waals surface area contributed by atoms with Gasteiger partial charge in [-0.05, 0) is 36.1 Å². The van der Waals surface area contributed by atoms with Gasteiger partial charge >= 0.3 is 0 Å². The van der Waals surface area contributed by atoms with E-state index in [0.717, 1.165) is 0 Å². The fourth-order valence-corrected chi connectivity index (χ4v) is 2.09. The van der Waals surface area contributed by atoms with E-state index < -0.39 is 12.1 Å². The normalized spacial score (nSPS) is 17.1. The monoisotopic (exact) mass is 276 g/mol. The minimum absolute atomic E-state index is 0.0483. The summed E-state index contributed by atoms with van der Waals surface area (Å²) in [4.78, 5) is 0. The van der Waals surface area contributed by atoms with Crippen LogP contribution in [0.2, 0.25) is 5.65 Å². The molecule has 0 saturated carbocycles. The first-order valence-corrected chi connectivity index (χ1v) is 6.48. The minimum Gasteiger partial charge on any atom is -0.508 e. The minimum atomic E-state index is -0.840. The van der Waals surface area contributed by atoms with Gasteiger partial charge in [0.1, 0.15) is 17.1 Å². The van der Waals surface area contributed by atoms with Gasteiger partial charge in [0.25, 0.3) is 0 Å². The van der Waals surface area contributed by atoms with Gasteiger partial charge in [0.2, 0.25) is 0 Å². The largest absolute Gasteiger partial charge is 0.508 e. The molecule has 4 heteroatoms. The summed E-state index contributed by atoms with van der Waals surface area (Å²) >= 11 is 0. The van der Waals surface area contributed by atoms with Gasteiger partial charge in [-0.3, -0.25) is 0 Å². The van der Waals surface area contributed by atoms with Crippen molar-refractivity contribution in [3.05, 3.63) is 59.7 Å². The average Bonchev–Trinajstić information content (AvgIpc) is 2.53. The van der Waals surface area contributed by atoms with Crippen LogP contribution in [0.3, 0.4) is 0 Å². The molecule has 0 amide bonds. The summed E-state index contributed by atoms with van der Waals surface area (Å²) in [6.07, 6.45) is 0.262. The molecule has 0 saturated heterocycles. The van der Waals surface area contributed by atoms with Crippen molar-refractivity contribution < 1.29 is 15.9 Å². The molecule has 0 spiro atoms. The summed E-state index contributed by atoms with van der Waals surface area (Å²) in [6, 6.07) is 11.5. The Morgan fingerprint density at radius 1 is 0.800 bits per heavy atom. The standard InChI is InChI=1S/C16H20N2O2/c17-13(9-11-5-1-3-7-15(11)19)14(18)10-12-6-2-4-8-16(12)20/h1-8,13-14,19-20H,9-10,17-18H2/i/hD4. The van der Waals surface area contributed by atoms with Crippen molar-refractivity contribution in [1.82, 2.24) is 0 Å². The van der Waals surface area contributed by atoms with E-state index in [2.05, 4.69) is 0 Å². The number of phenolic OH excluding ortho intramolecular Hbond substituents is 2. The number of hydrogen-bond donors (Lipinski definition) is 4. The second-order valence-corrected chi connectivity index (χ2v) is 4.80. The highest BCUT2D eigenvalue weighted by atomic mass is 16.3. The van der Waals surface area contributed by atoms with E-state index in [1.54, 1.807) is 36.4 Å². The van der Waals surface area contributed by atoms with E-state index in [9.17, 15) is 10.2 Å². The highest BCUT2D eigenvalue weighted by Crippen LogP contribution is 2.20. The predicted octanol–water partition coefficient (Wildman–Crippen LogP) is 1.54. The molecule has 2 aromatic carbocycles. The van der Waals surface area contributed by atoms with Gasteiger partial charge in [-0.2, -0.15) is 0 Å². The molecule has 4 nitrogen and oxygen atoms in total. The first-order valence-electron chi connectivity index (χ1n) is 8.26. The molecule has 2 aromatic rings. The summed E-state index contributed by atoms with van der Waals surface area (Å²) in [6.45, 7) is 0. The average molecular weight is 276 g/mol. The van der Waals surface area contributed by atoms with Crippen LogP contribution < -0.4 is 11.4 Å². The number of benzene rings is 2. The topological polar surface area (TPSA) is 92.5 Å². The number of aromatic hydroxyl groups is 2. The molecule has 0 radical (unpaired) electrons. The van der Waals surface area contributed by atoms with Crippen molar-refractivity contribution in [3.63, 3.8) is 0 Å². The van der Waals surface area contributed by atoms with E-state index in [4.69, 9.17) is 5.65 Å². The highest BCUT2D eigenvalue weighted by molar-refractivity contribution is 5.34. The van der Waals surface area contributed by atoms with Crippen molar-refractivity contribution in [2.75, 3.05) is 0 Å². The molecule has 20 heavy (non-hydrogen) atoms. The summed E-state index contributed by atoms with van der Waals surface area (Å²) < 4.78 is 30.6. The molecule has 0 aliphatic rings. The Kier molecular flexibility index (Phi) is 3.14. The third kappa shape index (κ3) is 3.50. The van der Waals surface area contributed by atoms with E-state index in [1.165, 1.54) is 12.1 Å². The molecule has 6 N–H and O–H groups in total. The quantitative estimate of drug-likeness (QED) is 0.617. The van der Waals surface area contributed by atoms with E-state index >= 15 is 0 Å². The molecular formula is C16H20N2O2. The maximum atomic E-state index is 9.91. The van der Waals surface area contributed by atoms with Gasteiger partial charge in [-0.1, -0.05) is 36.4 Å². The molecule has 2 unspecified atom stereocenters. The zero-order chi connectivity index (χ0) is 17.7. The first-order chi connectivity index (χ1) is 11.4. The van der Waals surface area contributed by atoms with Crippen molar-refractivity contribution in [2.45, 2.75) is 24.9 Å². The smallest absolute Gasteiger partial charge is 0.119 e. The van der Waals surface area contributed by atoms with Crippen LogP contribution in [0.4, 0.5) is 0 Å². The Labute approximate surface area is 124 Å². The molecule has 0 aliphatic heterocycles. The van der Waals surface area contributed by atoms with Crippen LogP contribution in [0.25, 0.3) is 0 Å². The Balaban J connectivity index is 2.27. The second-order valence-electron chi connectivity index (χ2n) is 4.80. The van der Waals surface area contributed by atoms with Gasteiger partial charge in [0.15, 0.2) is 0 Å². The van der Waals surface area contributed by atoms with Crippen molar-refractivity contribution in [3.8, 4) is 11.5 Å². The Hall–Kier alpha value is -2.04. The lowest BCUT2D eigenvalue weighted by Gasteiger charge is -2.21. The number of phenols is 2. The van der Waals surface area contributed by atoms with Gasteiger partial charge in [0.05, 0.1) is 0 Å². The predicted molar refractivity (Wildman–Crippen MR) is 79.6 cm³/mol. The van der Waals surface area contributed by atoms with E-state index in [0.29, 0.717) is 22.6 Å². The summed E-state index contributed by atoms with van der Waals surface area (Å²) in [5.41, 5.74) is 1.98. The van der Waals surface area contributed by atoms with Gasteiger partial charge in [0, 0.05) is 12.1 Å². The number of rotatable bonds is 7. The lowest BCUT2D eigenvalue weighted by Crippen LogP contribution is -2.44. The third-order valence-electron chi connectivity index (χ3n) is 3.29. The zero-order valence-electron chi connectivity index (χ0n) is 15.0. The van der Waals surface area contributed by atoms with Crippen LogP contribution in [-0.2, 0) is 12.8 Å². The van der Waals surface area contributed by atoms with Gasteiger partial charge in [-0.15, -0.1) is 0 Å². The van der Waals surface area contributed by atoms with Crippen LogP contribution in [0.1, 0.15) is 11.1 Å². The van der Waals surface area contributed by atoms with Gasteiger partial charge < -0.3 is 21.7 Å². The van der Waals surface area contributed by atoms with Gasteiger partial charge in [-0.25, -0.2) is 0 Å². The fraction of sp³-hybridized carbons (Fsp3) is 0.250.